The SMILES string of the molecule is CC(=O)OC[C@]1(C)CCC[C@]2(C)[C@@H]1CC[C@@]1(C)O[C@H](C3=CCOC3=O)C[C@@H]21. The molecule has 0 aromatic heterocycles. The van der Waals surface area contributed by atoms with Crippen LogP contribution < -0.4 is 0 Å². The van der Waals surface area contributed by atoms with Crippen LogP contribution in [-0.4, -0.2) is 36.9 Å². The van der Waals surface area contributed by atoms with Gasteiger partial charge in [-0.3, -0.25) is 4.79 Å². The summed E-state index contributed by atoms with van der Waals surface area (Å²) in [5.74, 6) is 0.496. The molecule has 0 amide bonds. The molecule has 0 N–H and O–H groups in total. The molecule has 2 aliphatic carbocycles. The minimum absolute atomic E-state index is 0.0175. The molecule has 0 aromatic rings. The lowest BCUT2D eigenvalue weighted by atomic mass is 9.45. The van der Waals surface area contributed by atoms with Crippen LogP contribution in [0.1, 0.15) is 66.2 Å². The Labute approximate surface area is 161 Å². The summed E-state index contributed by atoms with van der Waals surface area (Å²) in [5, 5.41) is 0. The predicted octanol–water partition coefficient (Wildman–Crippen LogP) is 3.80. The molecule has 27 heavy (non-hydrogen) atoms. The van der Waals surface area contributed by atoms with Crippen LogP contribution in [0.5, 0.6) is 0 Å². The van der Waals surface area contributed by atoms with Gasteiger partial charge in [0, 0.05) is 12.3 Å². The van der Waals surface area contributed by atoms with E-state index in [1.165, 1.54) is 13.3 Å². The number of ether oxygens (including phenoxy) is 3. The molecule has 0 radical (unpaired) electrons. The molecule has 150 valence electrons. The Balaban J connectivity index is 1.61. The van der Waals surface area contributed by atoms with Crippen LogP contribution in [0.3, 0.4) is 0 Å². The Morgan fingerprint density at radius 2 is 2.00 bits per heavy atom. The summed E-state index contributed by atoms with van der Waals surface area (Å²) in [7, 11) is 0. The van der Waals surface area contributed by atoms with E-state index in [9.17, 15) is 9.59 Å². The number of rotatable bonds is 3. The highest BCUT2D eigenvalue weighted by Crippen LogP contribution is 2.66. The maximum absolute atomic E-state index is 12.1. The Morgan fingerprint density at radius 1 is 1.22 bits per heavy atom. The normalized spacial score (nSPS) is 46.3. The molecule has 6 atom stereocenters. The second-order valence-corrected chi connectivity index (χ2v) is 9.85. The zero-order chi connectivity index (χ0) is 19.4. The Hall–Kier alpha value is -1.36. The highest BCUT2D eigenvalue weighted by molar-refractivity contribution is 5.91. The van der Waals surface area contributed by atoms with Gasteiger partial charge in [0.05, 0.1) is 23.9 Å². The van der Waals surface area contributed by atoms with E-state index in [2.05, 4.69) is 20.8 Å². The fourth-order valence-electron chi connectivity index (χ4n) is 6.93. The second kappa shape index (κ2) is 6.33. The highest BCUT2D eigenvalue weighted by atomic mass is 16.5. The van der Waals surface area contributed by atoms with Gasteiger partial charge in [0.25, 0.3) is 0 Å². The van der Waals surface area contributed by atoms with E-state index < -0.39 is 0 Å². The molecule has 0 aromatic carbocycles. The third kappa shape index (κ3) is 2.93. The van der Waals surface area contributed by atoms with Crippen molar-refractivity contribution in [2.75, 3.05) is 13.2 Å². The monoisotopic (exact) mass is 376 g/mol. The molecule has 2 heterocycles. The molecule has 2 aliphatic heterocycles. The van der Waals surface area contributed by atoms with E-state index in [0.29, 0.717) is 30.6 Å². The minimum atomic E-state index is -0.215. The molecule has 0 spiro atoms. The molecule has 0 unspecified atom stereocenters. The fraction of sp³-hybridized carbons (Fsp3) is 0.818. The van der Waals surface area contributed by atoms with Crippen molar-refractivity contribution in [2.24, 2.45) is 22.7 Å². The van der Waals surface area contributed by atoms with E-state index in [4.69, 9.17) is 14.2 Å². The first-order chi connectivity index (χ1) is 12.7. The largest absolute Gasteiger partial charge is 0.465 e. The molecule has 2 saturated carbocycles. The Morgan fingerprint density at radius 3 is 2.67 bits per heavy atom. The lowest BCUT2D eigenvalue weighted by Crippen LogP contribution is -2.57. The quantitative estimate of drug-likeness (QED) is 0.701. The van der Waals surface area contributed by atoms with Crippen LogP contribution in [0.25, 0.3) is 0 Å². The van der Waals surface area contributed by atoms with Crippen LogP contribution in [0.4, 0.5) is 0 Å². The molecule has 4 aliphatic rings. The van der Waals surface area contributed by atoms with Crippen LogP contribution >= 0.6 is 0 Å². The first-order valence-corrected chi connectivity index (χ1v) is 10.4. The van der Waals surface area contributed by atoms with Gasteiger partial charge in [-0.15, -0.1) is 0 Å². The van der Waals surface area contributed by atoms with Crippen LogP contribution in [0, 0.1) is 22.7 Å². The summed E-state index contributed by atoms with van der Waals surface area (Å²) in [6.45, 7) is 9.32. The predicted molar refractivity (Wildman–Crippen MR) is 99.8 cm³/mol. The fourth-order valence-corrected chi connectivity index (χ4v) is 6.93. The third-order valence-electron chi connectivity index (χ3n) is 8.13. The van der Waals surface area contributed by atoms with E-state index in [1.807, 2.05) is 6.08 Å². The summed E-state index contributed by atoms with van der Waals surface area (Å²) in [6, 6.07) is 0. The van der Waals surface area contributed by atoms with Gasteiger partial charge in [-0.2, -0.15) is 0 Å². The van der Waals surface area contributed by atoms with E-state index in [1.54, 1.807) is 0 Å². The average molecular weight is 376 g/mol. The van der Waals surface area contributed by atoms with E-state index in [-0.39, 0.29) is 34.5 Å². The van der Waals surface area contributed by atoms with Crippen molar-refractivity contribution < 1.29 is 23.8 Å². The lowest BCUT2D eigenvalue weighted by molar-refractivity contribution is -0.175. The van der Waals surface area contributed by atoms with Crippen molar-refractivity contribution in [3.8, 4) is 0 Å². The van der Waals surface area contributed by atoms with Crippen molar-refractivity contribution in [1.82, 2.24) is 0 Å². The molecule has 0 bridgehead atoms. The first kappa shape index (κ1) is 19.0. The zero-order valence-corrected chi connectivity index (χ0v) is 17.0. The topological polar surface area (TPSA) is 61.8 Å². The summed E-state index contributed by atoms with van der Waals surface area (Å²) < 4.78 is 17.1. The van der Waals surface area contributed by atoms with Crippen LogP contribution in [0.2, 0.25) is 0 Å². The number of hydrogen-bond donors (Lipinski definition) is 0. The number of esters is 2. The summed E-state index contributed by atoms with van der Waals surface area (Å²) >= 11 is 0. The Kier molecular flexibility index (Phi) is 4.45. The van der Waals surface area contributed by atoms with Gasteiger partial charge in [0.15, 0.2) is 0 Å². The molecule has 3 fully saturated rings. The molecule has 4 rings (SSSR count). The van der Waals surface area contributed by atoms with Crippen molar-refractivity contribution in [3.05, 3.63) is 11.6 Å². The molecular weight excluding hydrogens is 344 g/mol. The smallest absolute Gasteiger partial charge is 0.336 e. The second-order valence-electron chi connectivity index (χ2n) is 9.85. The van der Waals surface area contributed by atoms with Gasteiger partial charge in [-0.1, -0.05) is 20.3 Å². The van der Waals surface area contributed by atoms with Gasteiger partial charge in [0.2, 0.25) is 0 Å². The van der Waals surface area contributed by atoms with Gasteiger partial charge in [0.1, 0.15) is 6.61 Å². The standard InChI is InChI=1S/C22H32O5/c1-14(23)26-13-20(2)8-5-9-21(3)17(20)6-10-22(4)18(21)12-16(27-22)15-7-11-25-19(15)24/h7,16-18H,5-6,8-13H2,1-4H3/t16-,17+,18-,20-,21+,22+/m0/s1. The zero-order valence-electron chi connectivity index (χ0n) is 17.0. The van der Waals surface area contributed by atoms with Gasteiger partial charge in [-0.25, -0.2) is 4.79 Å². The molecule has 5 nitrogen and oxygen atoms in total. The van der Waals surface area contributed by atoms with E-state index in [0.717, 1.165) is 32.1 Å². The van der Waals surface area contributed by atoms with Crippen LogP contribution in [0.15, 0.2) is 11.6 Å². The Bertz CT molecular complexity index is 684. The molecule has 1 saturated heterocycles. The van der Waals surface area contributed by atoms with Crippen molar-refractivity contribution >= 4 is 11.9 Å². The first-order valence-electron chi connectivity index (χ1n) is 10.4. The minimum Gasteiger partial charge on any atom is -0.465 e. The van der Waals surface area contributed by atoms with Gasteiger partial charge in [-0.05, 0) is 62.4 Å². The lowest BCUT2D eigenvalue weighted by Gasteiger charge is -2.60. The summed E-state index contributed by atoms with van der Waals surface area (Å²) in [6.07, 6.45) is 8.12. The molecule has 5 heteroatoms. The van der Waals surface area contributed by atoms with Crippen molar-refractivity contribution in [2.45, 2.75) is 77.9 Å². The number of carbonyl (C=O) groups is 2. The average Bonchev–Trinajstić information content (AvgIpc) is 3.16. The molecular formula is C22H32O5. The maximum atomic E-state index is 12.1. The summed E-state index contributed by atoms with van der Waals surface area (Å²) in [5.41, 5.74) is 0.672. The van der Waals surface area contributed by atoms with E-state index >= 15 is 0 Å². The number of hydrogen-bond acceptors (Lipinski definition) is 5. The number of fused-ring (bicyclic) bond motifs is 3. The van der Waals surface area contributed by atoms with Gasteiger partial charge < -0.3 is 14.2 Å². The van der Waals surface area contributed by atoms with Crippen molar-refractivity contribution in [3.63, 3.8) is 0 Å². The van der Waals surface area contributed by atoms with Gasteiger partial charge >= 0.3 is 11.9 Å². The highest BCUT2D eigenvalue weighted by Gasteiger charge is 2.63. The van der Waals surface area contributed by atoms with Crippen LogP contribution in [-0.2, 0) is 23.8 Å². The number of carbonyl (C=O) groups excluding carboxylic acids is 2. The maximum Gasteiger partial charge on any atom is 0.336 e. The third-order valence-corrected chi connectivity index (χ3v) is 8.13. The summed E-state index contributed by atoms with van der Waals surface area (Å²) in [4.78, 5) is 23.5. The van der Waals surface area contributed by atoms with Crippen molar-refractivity contribution in [1.29, 1.82) is 0 Å². The number of cyclic esters (lactones) is 1.